The van der Waals surface area contributed by atoms with Crippen molar-refractivity contribution in [3.63, 3.8) is 0 Å². The number of amides is 2. The number of hydrogen-bond acceptors (Lipinski definition) is 4. The Morgan fingerprint density at radius 3 is 2.00 bits per heavy atom. The Labute approximate surface area is 166 Å². The second-order valence-corrected chi connectivity index (χ2v) is 7.49. The van der Waals surface area contributed by atoms with Gasteiger partial charge in [-0.15, -0.1) is 0 Å². The third-order valence-electron chi connectivity index (χ3n) is 4.20. The van der Waals surface area contributed by atoms with Crippen molar-refractivity contribution in [3.8, 4) is 5.75 Å². The number of rotatable bonds is 5. The van der Waals surface area contributed by atoms with Crippen molar-refractivity contribution >= 4 is 41.0 Å². The first-order valence-corrected chi connectivity index (χ1v) is 9.19. The van der Waals surface area contributed by atoms with Crippen LogP contribution in [0.15, 0.2) is 42.5 Å². The minimum Gasteiger partial charge on any atom is -0.425 e. The maximum absolute atomic E-state index is 12.8. The summed E-state index contributed by atoms with van der Waals surface area (Å²) >= 11 is 12.0. The number of hydrogen-bond donors (Lipinski definition) is 0. The summed E-state index contributed by atoms with van der Waals surface area (Å²) in [5.41, 5.74) is 0.270. The summed E-state index contributed by atoms with van der Waals surface area (Å²) in [6.07, 6.45) is 0.276. The van der Waals surface area contributed by atoms with Crippen LogP contribution in [0, 0.1) is 5.92 Å². The first-order chi connectivity index (χ1) is 12.8. The number of nitrogens with zero attached hydrogens (tertiary/aromatic N) is 1. The van der Waals surface area contributed by atoms with Gasteiger partial charge in [0.2, 0.25) is 0 Å². The fraction of sp³-hybridized carbons (Fsp3) is 0.250. The Balaban J connectivity index is 1.94. The van der Waals surface area contributed by atoms with Gasteiger partial charge in [-0.25, -0.2) is 4.79 Å². The number of carbonyl (C=O) groups excluding carboxylic acids is 3. The molecule has 7 heteroatoms. The lowest BCUT2D eigenvalue weighted by Crippen LogP contribution is -2.47. The van der Waals surface area contributed by atoms with Crippen molar-refractivity contribution in [3.05, 3.63) is 63.6 Å². The molecule has 0 fully saturated rings. The number of carbonyl (C=O) groups is 3. The molecule has 0 bridgehead atoms. The van der Waals surface area contributed by atoms with Crippen LogP contribution in [-0.4, -0.2) is 28.7 Å². The summed E-state index contributed by atoms with van der Waals surface area (Å²) in [5, 5.41) is 0.344. The van der Waals surface area contributed by atoms with Crippen molar-refractivity contribution in [2.75, 3.05) is 0 Å². The third kappa shape index (κ3) is 3.84. The van der Waals surface area contributed by atoms with Gasteiger partial charge in [0.25, 0.3) is 11.8 Å². The monoisotopic (exact) mass is 405 g/mol. The first-order valence-electron chi connectivity index (χ1n) is 8.43. The van der Waals surface area contributed by atoms with Gasteiger partial charge in [0.15, 0.2) is 0 Å². The van der Waals surface area contributed by atoms with Crippen LogP contribution in [-0.2, 0) is 4.79 Å². The van der Waals surface area contributed by atoms with Crippen molar-refractivity contribution in [2.24, 2.45) is 5.92 Å². The zero-order chi connectivity index (χ0) is 19.7. The van der Waals surface area contributed by atoms with E-state index in [1.54, 1.807) is 30.3 Å². The quantitative estimate of drug-likeness (QED) is 0.413. The molecular formula is C20H17Cl2NO4. The van der Waals surface area contributed by atoms with E-state index in [0.29, 0.717) is 5.75 Å². The normalized spacial score (nSPS) is 14.5. The molecule has 1 aliphatic rings. The average molecular weight is 406 g/mol. The standard InChI is InChI=1S/C20H17Cl2NO4/c1-11(2)8-17(20(26)27-12-6-4-3-5-7-12)23-18(24)13-9-15(21)16(22)10-14(13)19(23)25/h3-7,9-11,17H,8H2,1-2H3/t17-/m1/s1. The molecule has 0 saturated heterocycles. The molecule has 0 aliphatic carbocycles. The summed E-state index contributed by atoms with van der Waals surface area (Å²) in [6.45, 7) is 3.80. The number of para-hydroxylation sites is 1. The van der Waals surface area contributed by atoms with E-state index in [9.17, 15) is 14.4 Å². The fourth-order valence-corrected chi connectivity index (χ4v) is 3.29. The number of imide groups is 1. The van der Waals surface area contributed by atoms with Crippen molar-refractivity contribution < 1.29 is 19.1 Å². The summed E-state index contributed by atoms with van der Waals surface area (Å²) in [7, 11) is 0. The molecule has 3 rings (SSSR count). The number of fused-ring (bicyclic) bond motifs is 1. The smallest absolute Gasteiger partial charge is 0.334 e. The largest absolute Gasteiger partial charge is 0.425 e. The van der Waals surface area contributed by atoms with Gasteiger partial charge in [-0.1, -0.05) is 55.2 Å². The Morgan fingerprint density at radius 1 is 1.00 bits per heavy atom. The molecule has 0 radical (unpaired) electrons. The third-order valence-corrected chi connectivity index (χ3v) is 4.92. The average Bonchev–Trinajstić information content (AvgIpc) is 2.85. The van der Waals surface area contributed by atoms with Crippen molar-refractivity contribution in [1.82, 2.24) is 4.90 Å². The van der Waals surface area contributed by atoms with Gasteiger partial charge in [0.1, 0.15) is 11.8 Å². The van der Waals surface area contributed by atoms with Crippen LogP contribution in [0.2, 0.25) is 10.0 Å². The molecule has 0 unspecified atom stereocenters. The molecule has 0 N–H and O–H groups in total. The predicted octanol–water partition coefficient (Wildman–Crippen LogP) is 4.61. The van der Waals surface area contributed by atoms with Crippen molar-refractivity contribution in [2.45, 2.75) is 26.3 Å². The van der Waals surface area contributed by atoms with Crippen LogP contribution in [0.25, 0.3) is 0 Å². The van der Waals surface area contributed by atoms with E-state index in [0.717, 1.165) is 4.90 Å². The van der Waals surface area contributed by atoms with Gasteiger partial charge in [-0.05, 0) is 36.6 Å². The molecule has 2 aromatic rings. The molecule has 1 aliphatic heterocycles. The lowest BCUT2D eigenvalue weighted by Gasteiger charge is -2.25. The van der Waals surface area contributed by atoms with E-state index in [4.69, 9.17) is 27.9 Å². The molecular weight excluding hydrogens is 389 g/mol. The molecule has 2 amide bonds. The topological polar surface area (TPSA) is 63.7 Å². The van der Waals surface area contributed by atoms with E-state index in [1.807, 2.05) is 13.8 Å². The maximum Gasteiger partial charge on any atom is 0.334 e. The van der Waals surface area contributed by atoms with Crippen molar-refractivity contribution in [1.29, 1.82) is 0 Å². The van der Waals surface area contributed by atoms with Crippen LogP contribution in [0.4, 0.5) is 0 Å². The fourth-order valence-electron chi connectivity index (χ4n) is 2.96. The molecule has 2 aromatic carbocycles. The number of esters is 1. The summed E-state index contributed by atoms with van der Waals surface area (Å²) < 4.78 is 5.40. The Bertz CT molecular complexity index is 871. The number of ether oxygens (including phenoxy) is 1. The zero-order valence-corrected chi connectivity index (χ0v) is 16.3. The highest BCUT2D eigenvalue weighted by atomic mass is 35.5. The summed E-state index contributed by atoms with van der Waals surface area (Å²) in [5.74, 6) is -1.43. The zero-order valence-electron chi connectivity index (χ0n) is 14.7. The lowest BCUT2D eigenvalue weighted by atomic mass is 10.0. The van der Waals surface area contributed by atoms with Gasteiger partial charge in [-0.3, -0.25) is 14.5 Å². The van der Waals surface area contributed by atoms with E-state index in [2.05, 4.69) is 0 Å². The Kier molecular flexibility index (Phi) is 5.53. The second-order valence-electron chi connectivity index (χ2n) is 6.67. The molecule has 0 spiro atoms. The molecule has 1 heterocycles. The Morgan fingerprint density at radius 2 is 1.52 bits per heavy atom. The predicted molar refractivity (Wildman–Crippen MR) is 102 cm³/mol. The van der Waals surface area contributed by atoms with E-state index in [-0.39, 0.29) is 33.5 Å². The highest BCUT2D eigenvalue weighted by Gasteiger charge is 2.44. The highest BCUT2D eigenvalue weighted by Crippen LogP contribution is 2.33. The maximum atomic E-state index is 12.8. The molecule has 5 nitrogen and oxygen atoms in total. The van der Waals surface area contributed by atoms with Gasteiger partial charge in [0.05, 0.1) is 21.2 Å². The number of halogens is 2. The van der Waals surface area contributed by atoms with Crippen LogP contribution in [0.5, 0.6) is 5.75 Å². The molecule has 0 saturated carbocycles. The minimum absolute atomic E-state index is 0.0508. The molecule has 27 heavy (non-hydrogen) atoms. The van der Waals surface area contributed by atoms with Gasteiger partial charge >= 0.3 is 5.97 Å². The minimum atomic E-state index is -1.05. The summed E-state index contributed by atoms with van der Waals surface area (Å²) in [6, 6.07) is 10.2. The van der Waals surface area contributed by atoms with E-state index >= 15 is 0 Å². The van der Waals surface area contributed by atoms with E-state index in [1.165, 1.54) is 12.1 Å². The number of benzene rings is 2. The SMILES string of the molecule is CC(C)C[C@H](C(=O)Oc1ccccc1)N1C(=O)c2cc(Cl)c(Cl)cc2C1=O. The lowest BCUT2D eigenvalue weighted by molar-refractivity contribution is -0.139. The highest BCUT2D eigenvalue weighted by molar-refractivity contribution is 6.43. The van der Waals surface area contributed by atoms with Crippen LogP contribution < -0.4 is 4.74 Å². The second kappa shape index (κ2) is 7.71. The molecule has 0 aromatic heterocycles. The van der Waals surface area contributed by atoms with Gasteiger partial charge < -0.3 is 4.74 Å². The van der Waals surface area contributed by atoms with Crippen LogP contribution in [0.1, 0.15) is 41.0 Å². The first kappa shape index (κ1) is 19.4. The summed E-state index contributed by atoms with van der Waals surface area (Å²) in [4.78, 5) is 39.4. The Hall–Kier alpha value is -2.37. The molecule has 140 valence electrons. The van der Waals surface area contributed by atoms with Gasteiger partial charge in [-0.2, -0.15) is 0 Å². The van der Waals surface area contributed by atoms with Gasteiger partial charge in [0, 0.05) is 0 Å². The van der Waals surface area contributed by atoms with E-state index < -0.39 is 23.8 Å². The van der Waals surface area contributed by atoms with Crippen LogP contribution in [0.3, 0.4) is 0 Å². The molecule has 1 atom stereocenters. The van der Waals surface area contributed by atoms with Crippen LogP contribution >= 0.6 is 23.2 Å².